The lowest BCUT2D eigenvalue weighted by Crippen LogP contribution is -2.36. The lowest BCUT2D eigenvalue weighted by Gasteiger charge is -2.24. The maximum absolute atomic E-state index is 12.1. The van der Waals surface area contributed by atoms with E-state index in [1.165, 1.54) is 12.8 Å². The molecule has 1 amide bonds. The molecule has 2 aromatic carbocycles. The lowest BCUT2D eigenvalue weighted by atomic mass is 10.1. The molecule has 2 aromatic rings. The number of nitrogens with zero attached hydrogens (tertiary/aromatic N) is 3. The summed E-state index contributed by atoms with van der Waals surface area (Å²) in [6.07, 6.45) is 2.27. The van der Waals surface area contributed by atoms with Crippen LogP contribution in [0, 0.1) is 0 Å². The van der Waals surface area contributed by atoms with Crippen LogP contribution in [0.25, 0.3) is 0 Å². The quantitative estimate of drug-likeness (QED) is 0.463. The molecular formula is C26H34N4O3S. The van der Waals surface area contributed by atoms with Crippen LogP contribution in [0.2, 0.25) is 0 Å². The molecule has 2 aliphatic rings. The first-order chi connectivity index (χ1) is 16.7. The van der Waals surface area contributed by atoms with Gasteiger partial charge in [-0.1, -0.05) is 42.5 Å². The van der Waals surface area contributed by atoms with Gasteiger partial charge in [0.05, 0.1) is 12.4 Å². The van der Waals surface area contributed by atoms with E-state index in [4.69, 9.17) is 9.47 Å². The maximum atomic E-state index is 12.1. The van der Waals surface area contributed by atoms with Crippen LogP contribution < -0.4 is 10.2 Å². The van der Waals surface area contributed by atoms with E-state index < -0.39 is 0 Å². The van der Waals surface area contributed by atoms with Crippen LogP contribution in [0.4, 0.5) is 0 Å². The van der Waals surface area contributed by atoms with Crippen LogP contribution in [-0.2, 0) is 16.1 Å². The number of thioether (sulfide) groups is 1. The van der Waals surface area contributed by atoms with Crippen molar-refractivity contribution in [3.05, 3.63) is 65.7 Å². The molecular weight excluding hydrogens is 448 g/mol. The number of likely N-dealkylation sites (tertiary alicyclic amines) is 1. The first-order valence-electron chi connectivity index (χ1n) is 12.0. The van der Waals surface area contributed by atoms with Crippen molar-refractivity contribution in [1.29, 1.82) is 0 Å². The van der Waals surface area contributed by atoms with Gasteiger partial charge >= 0.3 is 0 Å². The first-order valence-corrected chi connectivity index (χ1v) is 13.1. The van der Waals surface area contributed by atoms with E-state index in [2.05, 4.69) is 27.6 Å². The van der Waals surface area contributed by atoms with E-state index in [9.17, 15) is 4.79 Å². The van der Waals surface area contributed by atoms with Crippen molar-refractivity contribution >= 4 is 23.6 Å². The summed E-state index contributed by atoms with van der Waals surface area (Å²) < 4.78 is 11.7. The van der Waals surface area contributed by atoms with Gasteiger partial charge in [-0.2, -0.15) is 0 Å². The third kappa shape index (κ3) is 7.40. The van der Waals surface area contributed by atoms with Gasteiger partial charge in [0.15, 0.2) is 0 Å². The lowest BCUT2D eigenvalue weighted by molar-refractivity contribution is -0.129. The fourth-order valence-electron chi connectivity index (χ4n) is 4.06. The fourth-order valence-corrected chi connectivity index (χ4v) is 4.71. The number of nitrogens with one attached hydrogen (secondary N) is 1. The smallest absolute Gasteiger partial charge is 0.219 e. The average molecular weight is 483 g/mol. The average Bonchev–Trinajstić information content (AvgIpc) is 3.55. The third-order valence-electron chi connectivity index (χ3n) is 6.01. The highest BCUT2D eigenvalue weighted by molar-refractivity contribution is 7.99. The number of carbonyl (C=O) groups is 1. The number of carbonyl (C=O) groups excluding carboxylic acids is 1. The molecule has 8 heteroatoms. The standard InChI is InChI=1S/C26H34N4O3S/c1-21(31)30(16-15-29-13-5-6-14-29)19-22-9-11-23(12-10-22)26-28-27-25(33-26)20-34-18-17-32-24-7-3-2-4-8-24/h2-4,7-12,26,28H,5-6,13-20H2,1H3. The number of rotatable bonds is 12. The Morgan fingerprint density at radius 3 is 2.68 bits per heavy atom. The third-order valence-corrected chi connectivity index (χ3v) is 6.92. The van der Waals surface area contributed by atoms with E-state index in [1.807, 2.05) is 47.4 Å². The molecule has 1 unspecified atom stereocenters. The molecule has 34 heavy (non-hydrogen) atoms. The number of hydrogen-bond acceptors (Lipinski definition) is 7. The summed E-state index contributed by atoms with van der Waals surface area (Å²) in [5.41, 5.74) is 5.21. The van der Waals surface area contributed by atoms with Gasteiger partial charge < -0.3 is 19.3 Å². The van der Waals surface area contributed by atoms with Gasteiger partial charge in [-0.05, 0) is 43.6 Å². The molecule has 0 bridgehead atoms. The molecule has 2 heterocycles. The summed E-state index contributed by atoms with van der Waals surface area (Å²) in [5, 5.41) is 4.33. The molecule has 1 atom stereocenters. The second-order valence-electron chi connectivity index (χ2n) is 8.58. The molecule has 1 fully saturated rings. The van der Waals surface area contributed by atoms with Crippen molar-refractivity contribution in [2.45, 2.75) is 32.5 Å². The zero-order valence-corrected chi connectivity index (χ0v) is 20.6. The Labute approximate surface area is 206 Å². The largest absolute Gasteiger partial charge is 0.493 e. The van der Waals surface area contributed by atoms with Gasteiger partial charge in [0.1, 0.15) is 5.75 Å². The summed E-state index contributed by atoms with van der Waals surface area (Å²) in [5.74, 6) is 3.27. The molecule has 1 N–H and O–H groups in total. The van der Waals surface area contributed by atoms with E-state index in [1.54, 1.807) is 18.7 Å². The van der Waals surface area contributed by atoms with Gasteiger partial charge in [0.25, 0.3) is 0 Å². The maximum Gasteiger partial charge on any atom is 0.219 e. The van der Waals surface area contributed by atoms with Crippen molar-refractivity contribution in [3.63, 3.8) is 0 Å². The van der Waals surface area contributed by atoms with Crippen LogP contribution in [0.3, 0.4) is 0 Å². The molecule has 0 aliphatic carbocycles. The number of benzene rings is 2. The fraction of sp³-hybridized carbons (Fsp3) is 0.462. The Morgan fingerprint density at radius 2 is 1.94 bits per heavy atom. The van der Waals surface area contributed by atoms with E-state index in [0.717, 1.165) is 48.8 Å². The monoisotopic (exact) mass is 482 g/mol. The number of amides is 1. The topological polar surface area (TPSA) is 66.4 Å². The molecule has 0 spiro atoms. The van der Waals surface area contributed by atoms with Crippen LogP contribution in [0.1, 0.15) is 37.1 Å². The van der Waals surface area contributed by atoms with E-state index in [0.29, 0.717) is 24.8 Å². The van der Waals surface area contributed by atoms with Crippen LogP contribution >= 0.6 is 11.8 Å². The Balaban J connectivity index is 1.17. The summed E-state index contributed by atoms with van der Waals surface area (Å²) in [4.78, 5) is 16.5. The molecule has 182 valence electrons. The summed E-state index contributed by atoms with van der Waals surface area (Å²) in [6, 6.07) is 18.1. The minimum absolute atomic E-state index is 0.119. The van der Waals surface area contributed by atoms with Gasteiger partial charge in [0, 0.05) is 37.9 Å². The molecule has 0 aromatic heterocycles. The molecule has 7 nitrogen and oxygen atoms in total. The zero-order chi connectivity index (χ0) is 23.6. The van der Waals surface area contributed by atoms with E-state index >= 15 is 0 Å². The summed E-state index contributed by atoms with van der Waals surface area (Å²) in [7, 11) is 0. The number of hydrazone groups is 1. The zero-order valence-electron chi connectivity index (χ0n) is 19.8. The van der Waals surface area contributed by atoms with Crippen LogP contribution in [0.15, 0.2) is 59.7 Å². The first kappa shape index (κ1) is 24.4. The van der Waals surface area contributed by atoms with Crippen molar-refractivity contribution in [2.75, 3.05) is 44.3 Å². The molecule has 0 radical (unpaired) electrons. The number of ether oxygens (including phenoxy) is 2. The predicted octanol–water partition coefficient (Wildman–Crippen LogP) is 3.88. The summed E-state index contributed by atoms with van der Waals surface area (Å²) >= 11 is 1.73. The van der Waals surface area contributed by atoms with Gasteiger partial charge in [0.2, 0.25) is 18.0 Å². The van der Waals surface area contributed by atoms with Gasteiger partial charge in [-0.25, -0.2) is 0 Å². The predicted molar refractivity (Wildman–Crippen MR) is 137 cm³/mol. The highest BCUT2D eigenvalue weighted by Crippen LogP contribution is 2.21. The Kier molecular flexibility index (Phi) is 9.10. The minimum atomic E-state index is -0.274. The Morgan fingerprint density at radius 1 is 1.18 bits per heavy atom. The SMILES string of the molecule is CC(=O)N(CCN1CCCC1)Cc1ccc(C2NN=C(CSCCOc3ccccc3)O2)cc1. The van der Waals surface area contributed by atoms with Crippen molar-refractivity contribution < 1.29 is 14.3 Å². The second kappa shape index (κ2) is 12.7. The van der Waals surface area contributed by atoms with Crippen molar-refractivity contribution in [1.82, 2.24) is 15.2 Å². The normalized spacial score (nSPS) is 17.7. The molecule has 1 saturated heterocycles. The molecule has 0 saturated carbocycles. The molecule has 4 rings (SSSR count). The highest BCUT2D eigenvalue weighted by Gasteiger charge is 2.21. The van der Waals surface area contributed by atoms with Crippen molar-refractivity contribution in [3.8, 4) is 5.75 Å². The second-order valence-corrected chi connectivity index (χ2v) is 9.68. The van der Waals surface area contributed by atoms with Crippen LogP contribution in [-0.4, -0.2) is 65.9 Å². The van der Waals surface area contributed by atoms with Gasteiger partial charge in [-0.3, -0.25) is 10.2 Å². The number of hydrogen-bond donors (Lipinski definition) is 1. The number of para-hydroxylation sites is 1. The Hall–Kier alpha value is -2.71. The minimum Gasteiger partial charge on any atom is -0.493 e. The summed E-state index contributed by atoms with van der Waals surface area (Å²) in [6.45, 7) is 6.96. The molecule has 2 aliphatic heterocycles. The van der Waals surface area contributed by atoms with Gasteiger partial charge in [-0.15, -0.1) is 16.9 Å². The van der Waals surface area contributed by atoms with E-state index in [-0.39, 0.29) is 12.1 Å². The Bertz CT molecular complexity index is 933. The van der Waals surface area contributed by atoms with Crippen LogP contribution in [0.5, 0.6) is 5.75 Å². The highest BCUT2D eigenvalue weighted by atomic mass is 32.2. The van der Waals surface area contributed by atoms with Crippen molar-refractivity contribution in [2.24, 2.45) is 5.10 Å².